The van der Waals surface area contributed by atoms with Crippen molar-refractivity contribution in [1.82, 2.24) is 10.1 Å². The van der Waals surface area contributed by atoms with Crippen molar-refractivity contribution in [1.29, 1.82) is 0 Å². The van der Waals surface area contributed by atoms with Crippen molar-refractivity contribution in [2.45, 2.75) is 13.8 Å². The van der Waals surface area contributed by atoms with E-state index in [1.165, 1.54) is 0 Å². The van der Waals surface area contributed by atoms with Crippen molar-refractivity contribution in [3.8, 4) is 11.1 Å². The molecule has 0 N–H and O–H groups in total. The smallest absolute Gasteiger partial charge is 0.141 e. The Bertz CT molecular complexity index is 445. The summed E-state index contributed by atoms with van der Waals surface area (Å²) in [6, 6.07) is 3.89. The topological polar surface area (TPSA) is 38.9 Å². The van der Waals surface area contributed by atoms with Crippen LogP contribution in [0.3, 0.4) is 0 Å². The molecule has 0 saturated carbocycles. The number of rotatable bonds is 1. The fraction of sp³-hybridized carbons (Fsp3) is 0.200. The molecule has 2 aromatic rings. The average Bonchev–Trinajstić information content (AvgIpc) is 2.46. The van der Waals surface area contributed by atoms with Crippen molar-refractivity contribution >= 4 is 15.9 Å². The minimum Gasteiger partial charge on any atom is -0.361 e. The molecule has 72 valence electrons. The third-order valence-corrected chi connectivity index (χ3v) is 2.48. The largest absolute Gasteiger partial charge is 0.361 e. The molecule has 0 aromatic carbocycles. The molecule has 2 heterocycles. The molecular weight excluding hydrogens is 244 g/mol. The first-order valence-corrected chi connectivity index (χ1v) is 5.02. The zero-order valence-corrected chi connectivity index (χ0v) is 9.50. The number of hydrogen-bond acceptors (Lipinski definition) is 3. The lowest BCUT2D eigenvalue weighted by atomic mass is 10.1. The SMILES string of the molecule is Cc1noc(C)c1-c1ccnc(Br)c1. The molecular formula is C10H9BrN2O. The number of pyridine rings is 1. The second-order valence-electron chi connectivity index (χ2n) is 3.07. The molecule has 0 fully saturated rings. The van der Waals surface area contributed by atoms with Crippen molar-refractivity contribution in [3.63, 3.8) is 0 Å². The van der Waals surface area contributed by atoms with Crippen molar-refractivity contribution < 1.29 is 4.52 Å². The van der Waals surface area contributed by atoms with E-state index < -0.39 is 0 Å². The van der Waals surface area contributed by atoms with Gasteiger partial charge in [-0.2, -0.15) is 0 Å². The summed E-state index contributed by atoms with van der Waals surface area (Å²) < 4.78 is 5.92. The third kappa shape index (κ3) is 1.57. The Morgan fingerprint density at radius 1 is 1.36 bits per heavy atom. The normalized spacial score (nSPS) is 10.5. The highest BCUT2D eigenvalue weighted by atomic mass is 79.9. The van der Waals surface area contributed by atoms with Crippen LogP contribution in [0.5, 0.6) is 0 Å². The van der Waals surface area contributed by atoms with Gasteiger partial charge in [0.05, 0.1) is 5.69 Å². The van der Waals surface area contributed by atoms with Crippen LogP contribution >= 0.6 is 15.9 Å². The van der Waals surface area contributed by atoms with E-state index in [4.69, 9.17) is 4.52 Å². The molecule has 0 spiro atoms. The second-order valence-corrected chi connectivity index (χ2v) is 3.88. The fourth-order valence-electron chi connectivity index (χ4n) is 1.45. The lowest BCUT2D eigenvalue weighted by molar-refractivity contribution is 0.393. The van der Waals surface area contributed by atoms with E-state index in [-0.39, 0.29) is 0 Å². The van der Waals surface area contributed by atoms with Crippen LogP contribution in [0.15, 0.2) is 27.5 Å². The Hall–Kier alpha value is -1.16. The summed E-state index contributed by atoms with van der Waals surface area (Å²) in [6.07, 6.45) is 1.76. The zero-order valence-electron chi connectivity index (χ0n) is 7.91. The molecule has 14 heavy (non-hydrogen) atoms. The van der Waals surface area contributed by atoms with Gasteiger partial charge in [-0.1, -0.05) is 5.16 Å². The van der Waals surface area contributed by atoms with Crippen LogP contribution in [0.1, 0.15) is 11.5 Å². The first-order valence-electron chi connectivity index (χ1n) is 4.23. The van der Waals surface area contributed by atoms with Crippen LogP contribution in [0.25, 0.3) is 11.1 Å². The quantitative estimate of drug-likeness (QED) is 0.733. The number of hydrogen-bond donors (Lipinski definition) is 0. The molecule has 0 bridgehead atoms. The second kappa shape index (κ2) is 3.53. The van der Waals surface area contributed by atoms with Gasteiger partial charge in [0, 0.05) is 11.8 Å². The molecule has 2 aromatic heterocycles. The van der Waals surface area contributed by atoms with E-state index >= 15 is 0 Å². The molecule has 0 radical (unpaired) electrons. The summed E-state index contributed by atoms with van der Waals surface area (Å²) in [4.78, 5) is 4.07. The molecule has 0 atom stereocenters. The minimum atomic E-state index is 0.815. The maximum Gasteiger partial charge on any atom is 0.141 e. The van der Waals surface area contributed by atoms with Gasteiger partial charge in [-0.3, -0.25) is 0 Å². The predicted molar refractivity (Wildman–Crippen MR) is 56.9 cm³/mol. The molecule has 0 aliphatic heterocycles. The van der Waals surface area contributed by atoms with Crippen LogP contribution in [0.2, 0.25) is 0 Å². The Balaban J connectivity index is 2.59. The minimum absolute atomic E-state index is 0.815. The third-order valence-electron chi connectivity index (χ3n) is 2.05. The van der Waals surface area contributed by atoms with E-state index in [2.05, 4.69) is 26.1 Å². The monoisotopic (exact) mass is 252 g/mol. The highest BCUT2D eigenvalue weighted by Crippen LogP contribution is 2.27. The number of halogens is 1. The number of aromatic nitrogens is 2. The van der Waals surface area contributed by atoms with Crippen molar-refractivity contribution in [3.05, 3.63) is 34.4 Å². The van der Waals surface area contributed by atoms with E-state index in [9.17, 15) is 0 Å². The highest BCUT2D eigenvalue weighted by molar-refractivity contribution is 9.10. The van der Waals surface area contributed by atoms with Gasteiger partial charge < -0.3 is 4.52 Å². The van der Waals surface area contributed by atoms with E-state index in [1.54, 1.807) is 6.20 Å². The highest BCUT2D eigenvalue weighted by Gasteiger charge is 2.11. The molecule has 0 aliphatic carbocycles. The summed E-state index contributed by atoms with van der Waals surface area (Å²) in [5.41, 5.74) is 3.02. The summed E-state index contributed by atoms with van der Waals surface area (Å²) >= 11 is 3.33. The van der Waals surface area contributed by atoms with Crippen molar-refractivity contribution in [2.75, 3.05) is 0 Å². The Labute approximate surface area is 90.3 Å². The standard InChI is InChI=1S/C10H9BrN2O/c1-6-10(7(2)14-13-6)8-3-4-12-9(11)5-8/h3-5H,1-2H3. The molecule has 2 rings (SSSR count). The zero-order chi connectivity index (χ0) is 10.1. The molecule has 0 saturated heterocycles. The van der Waals surface area contributed by atoms with Crippen LogP contribution < -0.4 is 0 Å². The van der Waals surface area contributed by atoms with E-state index in [1.807, 2.05) is 26.0 Å². The van der Waals surface area contributed by atoms with Crippen LogP contribution in [-0.4, -0.2) is 10.1 Å². The van der Waals surface area contributed by atoms with Crippen LogP contribution in [0, 0.1) is 13.8 Å². The van der Waals surface area contributed by atoms with Crippen LogP contribution in [-0.2, 0) is 0 Å². The van der Waals surface area contributed by atoms with Crippen LogP contribution in [0.4, 0.5) is 0 Å². The number of aryl methyl sites for hydroxylation is 2. The first-order chi connectivity index (χ1) is 6.68. The van der Waals surface area contributed by atoms with Gasteiger partial charge in [0.1, 0.15) is 10.4 Å². The summed E-state index contributed by atoms with van der Waals surface area (Å²) in [5.74, 6) is 0.834. The molecule has 0 aliphatic rings. The lowest BCUT2D eigenvalue weighted by Gasteiger charge is -1.99. The maximum atomic E-state index is 5.10. The molecule has 0 unspecified atom stereocenters. The van der Waals surface area contributed by atoms with Gasteiger partial charge in [0.15, 0.2) is 0 Å². The van der Waals surface area contributed by atoms with E-state index in [0.717, 1.165) is 27.2 Å². The lowest BCUT2D eigenvalue weighted by Crippen LogP contribution is -1.83. The summed E-state index contributed by atoms with van der Waals surface area (Å²) in [7, 11) is 0. The van der Waals surface area contributed by atoms with Gasteiger partial charge in [-0.25, -0.2) is 4.98 Å². The van der Waals surface area contributed by atoms with Gasteiger partial charge in [-0.15, -0.1) is 0 Å². The predicted octanol–water partition coefficient (Wildman–Crippen LogP) is 3.12. The van der Waals surface area contributed by atoms with Gasteiger partial charge in [0.25, 0.3) is 0 Å². The Morgan fingerprint density at radius 3 is 2.71 bits per heavy atom. The Morgan fingerprint density at radius 2 is 2.14 bits per heavy atom. The maximum absolute atomic E-state index is 5.10. The molecule has 4 heteroatoms. The Kier molecular flexibility index (Phi) is 2.37. The van der Waals surface area contributed by atoms with Gasteiger partial charge in [0.2, 0.25) is 0 Å². The molecule has 0 amide bonds. The van der Waals surface area contributed by atoms with Gasteiger partial charge >= 0.3 is 0 Å². The first kappa shape index (κ1) is 9.40. The van der Waals surface area contributed by atoms with Crippen molar-refractivity contribution in [2.24, 2.45) is 0 Å². The average molecular weight is 253 g/mol. The summed E-state index contributed by atoms with van der Waals surface area (Å²) in [6.45, 7) is 3.84. The molecule has 3 nitrogen and oxygen atoms in total. The van der Waals surface area contributed by atoms with Gasteiger partial charge in [-0.05, 0) is 47.5 Å². The fourth-order valence-corrected chi connectivity index (χ4v) is 1.82. The number of nitrogens with zero attached hydrogens (tertiary/aromatic N) is 2. The summed E-state index contributed by atoms with van der Waals surface area (Å²) in [5, 5.41) is 3.91. The van der Waals surface area contributed by atoms with E-state index in [0.29, 0.717) is 0 Å².